The number of aromatic nitrogens is 2. The first-order chi connectivity index (χ1) is 9.02. The number of aryl methyl sites for hydroxylation is 2. The van der Waals surface area contributed by atoms with Crippen LogP contribution in [0, 0.1) is 12.8 Å². The van der Waals surface area contributed by atoms with Gasteiger partial charge < -0.3 is 15.2 Å². The van der Waals surface area contributed by atoms with Crippen LogP contribution in [0.5, 0.6) is 0 Å². The number of guanidine groups is 1. The number of nitrogens with one attached hydrogen (secondary N) is 2. The van der Waals surface area contributed by atoms with Crippen molar-refractivity contribution >= 4 is 5.96 Å². The van der Waals surface area contributed by atoms with E-state index in [1.807, 2.05) is 6.92 Å². The topological polar surface area (TPSA) is 75.3 Å². The Morgan fingerprint density at radius 1 is 1.37 bits per heavy atom. The first kappa shape index (κ1) is 15.5. The molecule has 0 bridgehead atoms. The van der Waals surface area contributed by atoms with Gasteiger partial charge in [-0.15, -0.1) is 0 Å². The summed E-state index contributed by atoms with van der Waals surface area (Å²) in [6.45, 7) is 9.17. The third-order valence-corrected chi connectivity index (χ3v) is 3.02. The third kappa shape index (κ3) is 5.72. The Morgan fingerprint density at radius 2 is 2.11 bits per heavy atom. The molecule has 1 heterocycles. The molecule has 1 unspecified atom stereocenters. The SMILES string of the molecule is CN=C(NCCCc1nc(C)no1)NC(C)C(C)C. The van der Waals surface area contributed by atoms with Crippen molar-refractivity contribution < 1.29 is 4.52 Å². The fourth-order valence-corrected chi connectivity index (χ4v) is 1.46. The highest BCUT2D eigenvalue weighted by atomic mass is 16.5. The molecular formula is C13H25N5O. The van der Waals surface area contributed by atoms with Gasteiger partial charge in [-0.2, -0.15) is 4.98 Å². The number of rotatable bonds is 6. The molecule has 0 aliphatic rings. The van der Waals surface area contributed by atoms with Gasteiger partial charge in [-0.3, -0.25) is 4.99 Å². The van der Waals surface area contributed by atoms with Crippen molar-refractivity contribution in [3.63, 3.8) is 0 Å². The van der Waals surface area contributed by atoms with Crippen molar-refractivity contribution in [2.24, 2.45) is 10.9 Å². The van der Waals surface area contributed by atoms with Crippen molar-refractivity contribution in [3.8, 4) is 0 Å². The summed E-state index contributed by atoms with van der Waals surface area (Å²) in [4.78, 5) is 8.37. The molecule has 6 nitrogen and oxygen atoms in total. The average molecular weight is 267 g/mol. The average Bonchev–Trinajstić information content (AvgIpc) is 2.78. The summed E-state index contributed by atoms with van der Waals surface area (Å²) in [5.41, 5.74) is 0. The fraction of sp³-hybridized carbons (Fsp3) is 0.769. The van der Waals surface area contributed by atoms with Crippen LogP contribution in [-0.4, -0.2) is 35.7 Å². The summed E-state index contributed by atoms with van der Waals surface area (Å²) >= 11 is 0. The molecule has 0 fully saturated rings. The van der Waals surface area contributed by atoms with Crippen molar-refractivity contribution in [1.29, 1.82) is 0 Å². The van der Waals surface area contributed by atoms with E-state index in [2.05, 4.69) is 46.5 Å². The Kier molecular flexibility index (Phi) is 6.32. The zero-order valence-electron chi connectivity index (χ0n) is 12.5. The van der Waals surface area contributed by atoms with Gasteiger partial charge in [0.1, 0.15) is 0 Å². The minimum absolute atomic E-state index is 0.393. The van der Waals surface area contributed by atoms with E-state index in [1.54, 1.807) is 7.05 Å². The predicted octanol–water partition coefficient (Wildman–Crippen LogP) is 1.52. The Bertz CT molecular complexity index is 399. The van der Waals surface area contributed by atoms with Gasteiger partial charge >= 0.3 is 0 Å². The van der Waals surface area contributed by atoms with Gasteiger partial charge in [0.05, 0.1) is 0 Å². The first-order valence-electron chi connectivity index (χ1n) is 6.79. The van der Waals surface area contributed by atoms with Gasteiger partial charge in [-0.25, -0.2) is 0 Å². The van der Waals surface area contributed by atoms with Crippen LogP contribution in [-0.2, 0) is 6.42 Å². The molecule has 0 saturated heterocycles. The lowest BCUT2D eigenvalue weighted by Crippen LogP contribution is -2.44. The molecule has 6 heteroatoms. The van der Waals surface area contributed by atoms with Gasteiger partial charge in [0.2, 0.25) is 5.89 Å². The van der Waals surface area contributed by atoms with E-state index in [1.165, 1.54) is 0 Å². The Morgan fingerprint density at radius 3 is 2.63 bits per heavy atom. The summed E-state index contributed by atoms with van der Waals surface area (Å²) < 4.78 is 5.06. The van der Waals surface area contributed by atoms with Crippen LogP contribution < -0.4 is 10.6 Å². The lowest BCUT2D eigenvalue weighted by atomic mass is 10.1. The fourth-order valence-electron chi connectivity index (χ4n) is 1.46. The van der Waals surface area contributed by atoms with E-state index in [0.717, 1.165) is 25.3 Å². The van der Waals surface area contributed by atoms with E-state index in [0.29, 0.717) is 23.7 Å². The molecule has 0 aliphatic carbocycles. The molecule has 19 heavy (non-hydrogen) atoms. The maximum atomic E-state index is 5.06. The van der Waals surface area contributed by atoms with Gasteiger partial charge in [0.25, 0.3) is 0 Å². The first-order valence-corrected chi connectivity index (χ1v) is 6.79. The second kappa shape index (κ2) is 7.76. The van der Waals surface area contributed by atoms with Crippen molar-refractivity contribution in [2.45, 2.75) is 46.6 Å². The quantitative estimate of drug-likeness (QED) is 0.464. The molecule has 0 spiro atoms. The zero-order chi connectivity index (χ0) is 14.3. The van der Waals surface area contributed by atoms with E-state index in [4.69, 9.17) is 4.52 Å². The second-order valence-corrected chi connectivity index (χ2v) is 5.01. The van der Waals surface area contributed by atoms with Crippen LogP contribution in [0.4, 0.5) is 0 Å². The van der Waals surface area contributed by atoms with Gasteiger partial charge in [-0.1, -0.05) is 19.0 Å². The molecule has 1 aromatic rings. The second-order valence-electron chi connectivity index (χ2n) is 5.01. The molecule has 1 atom stereocenters. The molecule has 0 amide bonds. The van der Waals surface area contributed by atoms with E-state index in [9.17, 15) is 0 Å². The molecular weight excluding hydrogens is 242 g/mol. The monoisotopic (exact) mass is 267 g/mol. The van der Waals surface area contributed by atoms with Crippen LogP contribution in [0.1, 0.15) is 38.9 Å². The highest BCUT2D eigenvalue weighted by molar-refractivity contribution is 5.79. The molecule has 0 aliphatic heterocycles. The van der Waals surface area contributed by atoms with Gasteiger partial charge in [-0.05, 0) is 26.2 Å². The van der Waals surface area contributed by atoms with Crippen LogP contribution in [0.15, 0.2) is 9.52 Å². The molecule has 0 radical (unpaired) electrons. The maximum absolute atomic E-state index is 5.06. The molecule has 1 aromatic heterocycles. The van der Waals surface area contributed by atoms with Crippen LogP contribution in [0.3, 0.4) is 0 Å². The third-order valence-electron chi connectivity index (χ3n) is 3.02. The van der Waals surface area contributed by atoms with E-state index < -0.39 is 0 Å². The summed E-state index contributed by atoms with van der Waals surface area (Å²) in [5.74, 6) is 2.78. The Hall–Kier alpha value is -1.59. The summed E-state index contributed by atoms with van der Waals surface area (Å²) in [6, 6.07) is 0.393. The number of nitrogens with zero attached hydrogens (tertiary/aromatic N) is 3. The van der Waals surface area contributed by atoms with Crippen LogP contribution in [0.25, 0.3) is 0 Å². The van der Waals surface area contributed by atoms with E-state index in [-0.39, 0.29) is 0 Å². The van der Waals surface area contributed by atoms with Gasteiger partial charge in [0, 0.05) is 26.1 Å². The number of aliphatic imine (C=N–C) groups is 1. The normalized spacial score (nSPS) is 13.7. The number of hydrogen-bond donors (Lipinski definition) is 2. The Balaban J connectivity index is 2.23. The van der Waals surface area contributed by atoms with Crippen LogP contribution >= 0.6 is 0 Å². The van der Waals surface area contributed by atoms with E-state index >= 15 is 0 Å². The highest BCUT2D eigenvalue weighted by Gasteiger charge is 2.08. The lowest BCUT2D eigenvalue weighted by molar-refractivity contribution is 0.372. The summed E-state index contributed by atoms with van der Waals surface area (Å²) in [6.07, 6.45) is 1.71. The Labute approximate surface area is 115 Å². The largest absolute Gasteiger partial charge is 0.356 e. The molecule has 108 valence electrons. The minimum Gasteiger partial charge on any atom is -0.356 e. The molecule has 0 aromatic carbocycles. The standard InChI is InChI=1S/C13H25N5O/c1-9(2)10(3)16-13(14-5)15-8-6-7-12-17-11(4)18-19-12/h9-10H,6-8H2,1-5H3,(H2,14,15,16). The van der Waals surface area contributed by atoms with Crippen LogP contribution in [0.2, 0.25) is 0 Å². The summed E-state index contributed by atoms with van der Waals surface area (Å²) in [7, 11) is 1.78. The lowest BCUT2D eigenvalue weighted by Gasteiger charge is -2.20. The maximum Gasteiger partial charge on any atom is 0.226 e. The predicted molar refractivity (Wildman–Crippen MR) is 76.2 cm³/mol. The van der Waals surface area contributed by atoms with Crippen molar-refractivity contribution in [2.75, 3.05) is 13.6 Å². The molecule has 2 N–H and O–H groups in total. The zero-order valence-corrected chi connectivity index (χ0v) is 12.5. The minimum atomic E-state index is 0.393. The summed E-state index contributed by atoms with van der Waals surface area (Å²) in [5, 5.41) is 10.4. The highest BCUT2D eigenvalue weighted by Crippen LogP contribution is 2.00. The number of hydrogen-bond acceptors (Lipinski definition) is 4. The smallest absolute Gasteiger partial charge is 0.226 e. The molecule has 0 saturated carbocycles. The van der Waals surface area contributed by atoms with Crippen molar-refractivity contribution in [3.05, 3.63) is 11.7 Å². The van der Waals surface area contributed by atoms with Crippen molar-refractivity contribution in [1.82, 2.24) is 20.8 Å². The van der Waals surface area contributed by atoms with Gasteiger partial charge in [0.15, 0.2) is 11.8 Å². The molecule has 1 rings (SSSR count).